The van der Waals surface area contributed by atoms with Gasteiger partial charge in [0.05, 0.1) is 5.69 Å². The summed E-state index contributed by atoms with van der Waals surface area (Å²) in [7, 11) is 0. The molecule has 5 rings (SSSR count). The molecule has 0 bridgehead atoms. The van der Waals surface area contributed by atoms with Gasteiger partial charge in [0.25, 0.3) is 0 Å². The first-order valence-corrected chi connectivity index (χ1v) is 10.0. The number of pyridine rings is 1. The topological polar surface area (TPSA) is 59.9 Å². The van der Waals surface area contributed by atoms with Gasteiger partial charge in [0.1, 0.15) is 17.5 Å². The number of halogens is 2. The molecule has 2 aliphatic rings. The zero-order valence-electron chi connectivity index (χ0n) is 16.2. The van der Waals surface area contributed by atoms with Crippen LogP contribution in [0.15, 0.2) is 24.3 Å². The first-order chi connectivity index (χ1) is 14.1. The first kappa shape index (κ1) is 18.5. The summed E-state index contributed by atoms with van der Waals surface area (Å²) in [5.41, 5.74) is 3.38. The van der Waals surface area contributed by atoms with Crippen LogP contribution in [0.3, 0.4) is 0 Å². The minimum absolute atomic E-state index is 0.146. The second kappa shape index (κ2) is 7.39. The van der Waals surface area contributed by atoms with Crippen LogP contribution < -0.4 is 5.32 Å². The van der Waals surface area contributed by atoms with Gasteiger partial charge in [-0.05, 0) is 43.5 Å². The Kier molecular flexibility index (Phi) is 4.72. The van der Waals surface area contributed by atoms with Gasteiger partial charge in [0, 0.05) is 60.8 Å². The SMILES string of the molecule is Cc1nc2nc(C3CCOCC3)nc(-c3ccc(F)cc3F)c2cc1C1CNC1. The quantitative estimate of drug-likeness (QED) is 0.729. The molecule has 29 heavy (non-hydrogen) atoms. The maximum Gasteiger partial charge on any atom is 0.163 e. The van der Waals surface area contributed by atoms with E-state index in [0.29, 0.717) is 41.7 Å². The van der Waals surface area contributed by atoms with Gasteiger partial charge in [0.2, 0.25) is 0 Å². The van der Waals surface area contributed by atoms with E-state index in [4.69, 9.17) is 19.7 Å². The van der Waals surface area contributed by atoms with Crippen molar-refractivity contribution < 1.29 is 13.5 Å². The van der Waals surface area contributed by atoms with Crippen LogP contribution in [-0.2, 0) is 4.74 Å². The standard InChI is InChI=1S/C22H22F2N4O/c1-12-17(14-10-25-11-14)9-18-20(16-3-2-15(23)8-19(16)24)27-21(28-22(18)26-12)13-4-6-29-7-5-13/h2-3,8-9,13-14,25H,4-7,10-11H2,1H3. The van der Waals surface area contributed by atoms with E-state index in [9.17, 15) is 8.78 Å². The highest BCUT2D eigenvalue weighted by molar-refractivity contribution is 5.91. The second-order valence-electron chi connectivity index (χ2n) is 7.83. The monoisotopic (exact) mass is 396 g/mol. The lowest BCUT2D eigenvalue weighted by atomic mass is 9.91. The number of rotatable bonds is 3. The number of aryl methyl sites for hydroxylation is 1. The molecule has 0 aliphatic carbocycles. The molecular weight excluding hydrogens is 374 g/mol. The molecule has 1 aromatic carbocycles. The predicted molar refractivity (Wildman–Crippen MR) is 106 cm³/mol. The summed E-state index contributed by atoms with van der Waals surface area (Å²) < 4.78 is 33.7. The molecule has 0 unspecified atom stereocenters. The van der Waals surface area contributed by atoms with Crippen LogP contribution in [0.1, 0.15) is 41.8 Å². The summed E-state index contributed by atoms with van der Waals surface area (Å²) in [5.74, 6) is -0.0506. The van der Waals surface area contributed by atoms with Crippen LogP contribution in [0, 0.1) is 18.6 Å². The van der Waals surface area contributed by atoms with Crippen molar-refractivity contribution >= 4 is 11.0 Å². The van der Waals surface area contributed by atoms with Crippen molar-refractivity contribution in [1.82, 2.24) is 20.3 Å². The third-order valence-corrected chi connectivity index (χ3v) is 5.93. The average molecular weight is 396 g/mol. The third-order valence-electron chi connectivity index (χ3n) is 5.93. The van der Waals surface area contributed by atoms with Gasteiger partial charge >= 0.3 is 0 Å². The van der Waals surface area contributed by atoms with Crippen LogP contribution in [0.2, 0.25) is 0 Å². The van der Waals surface area contributed by atoms with Gasteiger partial charge in [0.15, 0.2) is 5.65 Å². The Morgan fingerprint density at radius 1 is 1.00 bits per heavy atom. The Labute approximate surface area is 167 Å². The van der Waals surface area contributed by atoms with E-state index in [1.807, 2.05) is 13.0 Å². The Balaban J connectivity index is 1.73. The molecule has 5 nitrogen and oxygen atoms in total. The number of benzene rings is 1. The maximum absolute atomic E-state index is 14.7. The van der Waals surface area contributed by atoms with Crippen LogP contribution >= 0.6 is 0 Å². The molecule has 3 aromatic rings. The summed E-state index contributed by atoms with van der Waals surface area (Å²) in [6, 6.07) is 5.65. The highest BCUT2D eigenvalue weighted by atomic mass is 19.1. The largest absolute Gasteiger partial charge is 0.381 e. The smallest absolute Gasteiger partial charge is 0.163 e. The fourth-order valence-electron chi connectivity index (χ4n) is 4.12. The Hall–Kier alpha value is -2.51. The number of nitrogens with one attached hydrogen (secondary N) is 1. The van der Waals surface area contributed by atoms with Crippen molar-refractivity contribution in [2.75, 3.05) is 26.3 Å². The highest BCUT2D eigenvalue weighted by Crippen LogP contribution is 2.34. The molecular formula is C22H22F2N4O. The van der Waals surface area contributed by atoms with Crippen molar-refractivity contribution in [2.45, 2.75) is 31.6 Å². The lowest BCUT2D eigenvalue weighted by Gasteiger charge is -2.29. The van der Waals surface area contributed by atoms with Crippen LogP contribution in [0.4, 0.5) is 8.78 Å². The lowest BCUT2D eigenvalue weighted by molar-refractivity contribution is 0.0836. The van der Waals surface area contributed by atoms with Gasteiger partial charge in [-0.15, -0.1) is 0 Å². The summed E-state index contributed by atoms with van der Waals surface area (Å²) in [5, 5.41) is 3.98. The summed E-state index contributed by atoms with van der Waals surface area (Å²) in [6.07, 6.45) is 1.64. The van der Waals surface area contributed by atoms with Crippen LogP contribution in [0.5, 0.6) is 0 Å². The average Bonchev–Trinajstić information content (AvgIpc) is 2.67. The number of fused-ring (bicyclic) bond motifs is 1. The van der Waals surface area contributed by atoms with Gasteiger partial charge in [-0.2, -0.15) is 0 Å². The fraction of sp³-hybridized carbons (Fsp3) is 0.409. The molecule has 1 N–H and O–H groups in total. The maximum atomic E-state index is 14.7. The third kappa shape index (κ3) is 3.38. The van der Waals surface area contributed by atoms with Crippen molar-refractivity contribution in [3.8, 4) is 11.3 Å². The number of hydrogen-bond acceptors (Lipinski definition) is 5. The van der Waals surface area contributed by atoms with Gasteiger partial charge < -0.3 is 10.1 Å². The number of ether oxygens (including phenoxy) is 1. The molecule has 2 aromatic heterocycles. The predicted octanol–water partition coefficient (Wildman–Crippen LogP) is 3.86. The number of nitrogens with zero attached hydrogens (tertiary/aromatic N) is 3. The van der Waals surface area contributed by atoms with Crippen LogP contribution in [-0.4, -0.2) is 41.3 Å². The van der Waals surface area contributed by atoms with Crippen molar-refractivity contribution in [3.05, 3.63) is 53.0 Å². The second-order valence-corrected chi connectivity index (χ2v) is 7.83. The Morgan fingerprint density at radius 2 is 1.79 bits per heavy atom. The van der Waals surface area contributed by atoms with E-state index < -0.39 is 11.6 Å². The molecule has 0 amide bonds. The Morgan fingerprint density at radius 3 is 2.48 bits per heavy atom. The Bertz CT molecular complexity index is 1080. The van der Waals surface area contributed by atoms with E-state index in [-0.39, 0.29) is 11.5 Å². The molecule has 150 valence electrons. The minimum Gasteiger partial charge on any atom is -0.381 e. The molecule has 2 fully saturated rings. The van der Waals surface area contributed by atoms with Crippen molar-refractivity contribution in [1.29, 1.82) is 0 Å². The van der Waals surface area contributed by atoms with E-state index in [1.54, 1.807) is 0 Å². The highest BCUT2D eigenvalue weighted by Gasteiger charge is 2.26. The molecule has 0 radical (unpaired) electrons. The van der Waals surface area contributed by atoms with E-state index in [0.717, 1.165) is 43.3 Å². The van der Waals surface area contributed by atoms with Gasteiger partial charge in [-0.3, -0.25) is 0 Å². The number of hydrogen-bond donors (Lipinski definition) is 1. The van der Waals surface area contributed by atoms with E-state index in [1.165, 1.54) is 12.1 Å². The molecule has 0 spiro atoms. The molecule has 4 heterocycles. The zero-order chi connectivity index (χ0) is 20.0. The number of aromatic nitrogens is 3. The summed E-state index contributed by atoms with van der Waals surface area (Å²) >= 11 is 0. The normalized spacial score (nSPS) is 18.2. The van der Waals surface area contributed by atoms with Crippen molar-refractivity contribution in [2.24, 2.45) is 0 Å². The molecule has 0 atom stereocenters. The molecule has 7 heteroatoms. The minimum atomic E-state index is -0.629. The van der Waals surface area contributed by atoms with E-state index >= 15 is 0 Å². The lowest BCUT2D eigenvalue weighted by Crippen LogP contribution is -2.40. The zero-order valence-corrected chi connectivity index (χ0v) is 16.2. The van der Waals surface area contributed by atoms with E-state index in [2.05, 4.69) is 5.32 Å². The van der Waals surface area contributed by atoms with Gasteiger partial charge in [-0.1, -0.05) is 0 Å². The summed E-state index contributed by atoms with van der Waals surface area (Å²) in [4.78, 5) is 14.3. The van der Waals surface area contributed by atoms with Crippen molar-refractivity contribution in [3.63, 3.8) is 0 Å². The molecule has 0 saturated carbocycles. The fourth-order valence-corrected chi connectivity index (χ4v) is 4.12. The molecule has 2 saturated heterocycles. The summed E-state index contributed by atoms with van der Waals surface area (Å²) in [6.45, 7) is 5.10. The first-order valence-electron chi connectivity index (χ1n) is 10.0. The molecule has 2 aliphatic heterocycles. The van der Waals surface area contributed by atoms with Crippen LogP contribution in [0.25, 0.3) is 22.3 Å². The van der Waals surface area contributed by atoms with Gasteiger partial charge in [-0.25, -0.2) is 23.7 Å².